The summed E-state index contributed by atoms with van der Waals surface area (Å²) >= 11 is 0. The molecule has 152 valence electrons. The van der Waals surface area contributed by atoms with Crippen LogP contribution in [0.1, 0.15) is 18.9 Å². The molecule has 4 aromatic heterocycles. The molecule has 5 rings (SSSR count). The molecular weight excluding hydrogens is 387 g/mol. The summed E-state index contributed by atoms with van der Waals surface area (Å²) < 4.78 is 18.4. The quantitative estimate of drug-likeness (QED) is 0.466. The Balaban J connectivity index is 1.62. The van der Waals surface area contributed by atoms with Crippen LogP contribution in [-0.2, 0) is 13.1 Å². The molecule has 0 bridgehead atoms. The molecule has 9 nitrogen and oxygen atoms in total. The van der Waals surface area contributed by atoms with Crippen LogP contribution in [-0.4, -0.2) is 33.7 Å². The first-order valence-corrected chi connectivity index (χ1v) is 9.58. The van der Waals surface area contributed by atoms with Crippen LogP contribution in [0.15, 0.2) is 47.7 Å². The second-order valence-electron chi connectivity index (χ2n) is 7.09. The number of nitrogens with zero attached hydrogens (tertiary/aromatic N) is 6. The van der Waals surface area contributed by atoms with Gasteiger partial charge >= 0.3 is 0 Å². The van der Waals surface area contributed by atoms with Gasteiger partial charge in [-0.2, -0.15) is 10.1 Å². The lowest BCUT2D eigenvalue weighted by Gasteiger charge is -2.05. The molecule has 0 aliphatic heterocycles. The average Bonchev–Trinajstić information content (AvgIpc) is 3.43. The molecule has 30 heavy (non-hydrogen) atoms. The molecule has 0 fully saturated rings. The fraction of sp³-hybridized carbons (Fsp3) is 0.200. The fourth-order valence-corrected chi connectivity index (χ4v) is 3.62. The summed E-state index contributed by atoms with van der Waals surface area (Å²) in [6.07, 6.45) is 6.17. The summed E-state index contributed by atoms with van der Waals surface area (Å²) in [4.78, 5) is 24.7. The van der Waals surface area contributed by atoms with Gasteiger partial charge < -0.3 is 15.3 Å². The predicted octanol–water partition coefficient (Wildman–Crippen LogP) is 2.42. The van der Waals surface area contributed by atoms with E-state index in [1.807, 2.05) is 23.9 Å². The minimum atomic E-state index is -0.274. The number of benzene rings is 1. The molecule has 0 saturated heterocycles. The first kappa shape index (κ1) is 18.1. The Morgan fingerprint density at radius 1 is 1.17 bits per heavy atom. The van der Waals surface area contributed by atoms with E-state index < -0.39 is 0 Å². The van der Waals surface area contributed by atoms with Gasteiger partial charge in [-0.15, -0.1) is 0 Å². The maximum atomic E-state index is 13.2. The number of anilines is 1. The third-order valence-corrected chi connectivity index (χ3v) is 5.04. The number of fused-ring (bicyclic) bond motifs is 2. The van der Waals surface area contributed by atoms with Crippen molar-refractivity contribution in [3.05, 3.63) is 64.6 Å². The van der Waals surface area contributed by atoms with Crippen LogP contribution >= 0.6 is 0 Å². The molecule has 0 spiro atoms. The molecule has 0 aliphatic rings. The first-order valence-electron chi connectivity index (χ1n) is 9.58. The van der Waals surface area contributed by atoms with Gasteiger partial charge in [0.1, 0.15) is 17.3 Å². The Labute approximate surface area is 169 Å². The Kier molecular flexibility index (Phi) is 4.12. The standard InChI is InChI=1S/C20H19FN8O/c1-2-7-28-19(30)15-17(26-20(28)22)25-16(24-15)14-10-23-29-9-8-27(18(14)29)11-12-3-5-13(21)6-4-12/h3-6,8-10H,2,7,11H2,1H3,(H2,22,26)(H,24,25). The van der Waals surface area contributed by atoms with Crippen molar-refractivity contribution in [2.45, 2.75) is 26.4 Å². The zero-order chi connectivity index (χ0) is 20.8. The smallest absolute Gasteiger partial charge is 0.280 e. The second-order valence-corrected chi connectivity index (χ2v) is 7.09. The minimum absolute atomic E-state index is 0.146. The molecule has 4 heterocycles. The van der Waals surface area contributed by atoms with E-state index in [1.165, 1.54) is 16.7 Å². The lowest BCUT2D eigenvalue weighted by atomic mass is 10.2. The summed E-state index contributed by atoms with van der Waals surface area (Å²) in [6, 6.07) is 6.35. The molecule has 0 aliphatic carbocycles. The number of hydrogen-bond donors (Lipinski definition) is 2. The topological polar surface area (TPSA) is 112 Å². The van der Waals surface area contributed by atoms with Crippen LogP contribution < -0.4 is 11.3 Å². The highest BCUT2D eigenvalue weighted by molar-refractivity contribution is 5.81. The predicted molar refractivity (Wildman–Crippen MR) is 111 cm³/mol. The van der Waals surface area contributed by atoms with Gasteiger partial charge in [-0.25, -0.2) is 13.9 Å². The van der Waals surface area contributed by atoms with Crippen molar-refractivity contribution in [3.63, 3.8) is 0 Å². The maximum Gasteiger partial charge on any atom is 0.280 e. The van der Waals surface area contributed by atoms with E-state index in [0.29, 0.717) is 24.4 Å². The van der Waals surface area contributed by atoms with E-state index in [9.17, 15) is 9.18 Å². The molecule has 0 saturated carbocycles. The number of nitrogens with two attached hydrogens (primary N) is 1. The van der Waals surface area contributed by atoms with Crippen LogP contribution in [0.2, 0.25) is 0 Å². The molecule has 0 unspecified atom stereocenters. The number of aromatic amines is 1. The van der Waals surface area contributed by atoms with E-state index in [-0.39, 0.29) is 23.0 Å². The van der Waals surface area contributed by atoms with Crippen LogP contribution in [0.4, 0.5) is 10.3 Å². The Bertz CT molecular complexity index is 1420. The van der Waals surface area contributed by atoms with Crippen molar-refractivity contribution in [2.75, 3.05) is 5.73 Å². The number of halogens is 1. The maximum absolute atomic E-state index is 13.2. The summed E-state index contributed by atoms with van der Waals surface area (Å²) in [5, 5.41) is 4.38. The zero-order valence-corrected chi connectivity index (χ0v) is 16.2. The number of rotatable bonds is 5. The highest BCUT2D eigenvalue weighted by atomic mass is 19.1. The van der Waals surface area contributed by atoms with Crippen LogP contribution in [0.3, 0.4) is 0 Å². The van der Waals surface area contributed by atoms with Crippen molar-refractivity contribution >= 4 is 22.8 Å². The number of H-pyrrole nitrogens is 1. The van der Waals surface area contributed by atoms with Gasteiger partial charge in [0.15, 0.2) is 11.2 Å². The SMILES string of the molecule is CCCn1c(N)nc2nc(-c3cnn4ccn(Cc5ccc(F)cc5)c34)[nH]c2c1=O. The highest BCUT2D eigenvalue weighted by Gasteiger charge is 2.18. The lowest BCUT2D eigenvalue weighted by Crippen LogP contribution is -2.24. The molecule has 1 aromatic carbocycles. The Morgan fingerprint density at radius 3 is 2.73 bits per heavy atom. The van der Waals surface area contributed by atoms with Crippen molar-refractivity contribution < 1.29 is 4.39 Å². The largest absolute Gasteiger partial charge is 0.369 e. The van der Waals surface area contributed by atoms with E-state index in [4.69, 9.17) is 5.73 Å². The van der Waals surface area contributed by atoms with Crippen LogP contribution in [0.25, 0.3) is 28.2 Å². The van der Waals surface area contributed by atoms with Crippen LogP contribution in [0, 0.1) is 5.82 Å². The summed E-state index contributed by atoms with van der Waals surface area (Å²) in [5.74, 6) is 0.355. The average molecular weight is 406 g/mol. The van der Waals surface area contributed by atoms with Gasteiger partial charge in [0.05, 0.1) is 11.8 Å². The number of nitrogens with one attached hydrogen (secondary N) is 1. The molecule has 5 aromatic rings. The molecular formula is C20H19FN8O. The third kappa shape index (κ3) is 2.84. The minimum Gasteiger partial charge on any atom is -0.369 e. The summed E-state index contributed by atoms with van der Waals surface area (Å²) in [6.45, 7) is 2.98. The summed E-state index contributed by atoms with van der Waals surface area (Å²) in [7, 11) is 0. The van der Waals surface area contributed by atoms with Gasteiger partial charge in [0, 0.05) is 25.5 Å². The van der Waals surface area contributed by atoms with Crippen molar-refractivity contribution in [1.29, 1.82) is 0 Å². The van der Waals surface area contributed by atoms with Gasteiger partial charge in [0.2, 0.25) is 5.95 Å². The lowest BCUT2D eigenvalue weighted by molar-refractivity contribution is 0.626. The number of nitrogen functional groups attached to an aromatic ring is 1. The second kappa shape index (κ2) is 6.83. The van der Waals surface area contributed by atoms with E-state index in [2.05, 4.69) is 20.1 Å². The number of aromatic nitrogens is 7. The van der Waals surface area contributed by atoms with E-state index in [1.54, 1.807) is 22.8 Å². The molecule has 0 atom stereocenters. The molecule has 3 N–H and O–H groups in total. The van der Waals surface area contributed by atoms with Crippen molar-refractivity contribution in [2.24, 2.45) is 0 Å². The van der Waals surface area contributed by atoms with Gasteiger partial charge in [-0.3, -0.25) is 9.36 Å². The molecule has 0 radical (unpaired) electrons. The van der Waals surface area contributed by atoms with Crippen molar-refractivity contribution in [1.82, 2.24) is 33.7 Å². The Hall–Kier alpha value is -3.95. The highest BCUT2D eigenvalue weighted by Crippen LogP contribution is 2.24. The number of imidazole rings is 2. The monoisotopic (exact) mass is 406 g/mol. The normalized spacial score (nSPS) is 11.7. The third-order valence-electron chi connectivity index (χ3n) is 5.04. The van der Waals surface area contributed by atoms with E-state index >= 15 is 0 Å². The van der Waals surface area contributed by atoms with Gasteiger partial charge in [-0.1, -0.05) is 19.1 Å². The molecule has 0 amide bonds. The van der Waals surface area contributed by atoms with Gasteiger partial charge in [0.25, 0.3) is 5.56 Å². The Morgan fingerprint density at radius 2 is 1.97 bits per heavy atom. The van der Waals surface area contributed by atoms with Crippen molar-refractivity contribution in [3.8, 4) is 11.4 Å². The van der Waals surface area contributed by atoms with Gasteiger partial charge in [-0.05, 0) is 24.1 Å². The zero-order valence-electron chi connectivity index (χ0n) is 16.2. The fourth-order valence-electron chi connectivity index (χ4n) is 3.62. The molecule has 10 heteroatoms. The number of hydrogen-bond acceptors (Lipinski definition) is 5. The first-order chi connectivity index (χ1) is 14.5. The van der Waals surface area contributed by atoms with Crippen LogP contribution in [0.5, 0.6) is 0 Å². The summed E-state index contributed by atoms with van der Waals surface area (Å²) in [5.41, 5.74) is 8.74. The van der Waals surface area contributed by atoms with E-state index in [0.717, 1.165) is 23.2 Å².